The summed E-state index contributed by atoms with van der Waals surface area (Å²) in [6.07, 6.45) is 0.254. The summed E-state index contributed by atoms with van der Waals surface area (Å²) in [7, 11) is 2.40. The van der Waals surface area contributed by atoms with Gasteiger partial charge in [-0.2, -0.15) is 26.3 Å². The quantitative estimate of drug-likeness (QED) is 0.121. The number of carbonyl (C=O) groups is 2. The highest BCUT2D eigenvalue weighted by atomic mass is 79.9. The first-order valence-corrected chi connectivity index (χ1v) is 26.1. The number of carbonyl (C=O) groups excluding carboxylic acids is 2. The van der Waals surface area contributed by atoms with Crippen LogP contribution in [0.1, 0.15) is 58.7 Å². The van der Waals surface area contributed by atoms with Crippen LogP contribution < -0.4 is 9.47 Å². The number of ether oxygens (including phenoxy) is 2. The highest BCUT2D eigenvalue weighted by molar-refractivity contribution is 9.11. The molecule has 0 unspecified atom stereocenters. The molecule has 0 atom stereocenters. The molecule has 73 heavy (non-hydrogen) atoms. The van der Waals surface area contributed by atoms with Crippen LogP contribution in [0.15, 0.2) is 87.9 Å². The minimum absolute atomic E-state index is 0.000920. The zero-order valence-electron chi connectivity index (χ0n) is 38.6. The van der Waals surface area contributed by atoms with Crippen molar-refractivity contribution in [1.82, 2.24) is 48.8 Å². The van der Waals surface area contributed by atoms with E-state index >= 15 is 0 Å². The third kappa shape index (κ3) is 11.4. The SMILES string of the molecule is COc1c(Br)cc(-c2csc(C3CCN(C(=O)Cn4cnc5cccnc54)CC3)n2)cc1C(F)(F)F.COc1c(Br)cc(-c2nc(C3CCN(C(=O)Cn4cnc5cccnc54)CC3)sc2Cl)cc1C(F)(F)F. The zero-order chi connectivity index (χ0) is 51.8. The molecule has 6 aromatic heterocycles. The molecule has 25 heteroatoms. The number of nitrogens with zero attached hydrogens (tertiary/aromatic N) is 10. The Morgan fingerprint density at radius 2 is 1.15 bits per heavy atom. The van der Waals surface area contributed by atoms with Crippen molar-refractivity contribution < 1.29 is 45.4 Å². The van der Waals surface area contributed by atoms with Gasteiger partial charge in [-0.3, -0.25) is 9.59 Å². The van der Waals surface area contributed by atoms with Crippen molar-refractivity contribution in [3.8, 4) is 34.0 Å². The Bertz CT molecular complexity index is 3310. The van der Waals surface area contributed by atoms with E-state index in [-0.39, 0.29) is 62.7 Å². The average molecular weight is 1200 g/mol. The molecule has 14 nitrogen and oxygen atoms in total. The second kappa shape index (κ2) is 21.6. The maximum absolute atomic E-state index is 13.6. The number of likely N-dealkylation sites (tertiary alicyclic amines) is 2. The number of imidazole rings is 2. The fourth-order valence-corrected chi connectivity index (χ4v) is 12.5. The van der Waals surface area contributed by atoms with E-state index < -0.39 is 23.5 Å². The number of thiazole rings is 2. The summed E-state index contributed by atoms with van der Waals surface area (Å²) in [5, 5.41) is 3.39. The Morgan fingerprint density at radius 3 is 1.63 bits per heavy atom. The van der Waals surface area contributed by atoms with E-state index in [1.807, 2.05) is 17.0 Å². The number of rotatable bonds is 10. The molecule has 8 aromatic rings. The third-order valence-electron chi connectivity index (χ3n) is 12.6. The van der Waals surface area contributed by atoms with Gasteiger partial charge in [0, 0.05) is 66.9 Å². The van der Waals surface area contributed by atoms with Crippen molar-refractivity contribution in [2.75, 3.05) is 40.4 Å². The van der Waals surface area contributed by atoms with Crippen LogP contribution in [-0.4, -0.2) is 101 Å². The highest BCUT2D eigenvalue weighted by Crippen LogP contribution is 2.47. The number of methoxy groups -OCH3 is 2. The molecular weight excluding hydrogens is 1150 g/mol. The first-order valence-electron chi connectivity index (χ1n) is 22.5. The number of alkyl halides is 6. The molecular formula is C48H41Br2ClF6N10O4S2. The molecule has 0 saturated carbocycles. The topological polar surface area (TPSA) is 146 Å². The van der Waals surface area contributed by atoms with Crippen LogP contribution in [0, 0.1) is 0 Å². The molecule has 0 spiro atoms. The lowest BCUT2D eigenvalue weighted by atomic mass is 9.97. The molecule has 2 aliphatic rings. The molecule has 2 amide bonds. The van der Waals surface area contributed by atoms with Gasteiger partial charge in [-0.1, -0.05) is 11.6 Å². The zero-order valence-corrected chi connectivity index (χ0v) is 44.1. The van der Waals surface area contributed by atoms with Crippen molar-refractivity contribution in [2.24, 2.45) is 0 Å². The summed E-state index contributed by atoms with van der Waals surface area (Å²) >= 11 is 15.5. The molecule has 382 valence electrons. The third-order valence-corrected chi connectivity index (χ3v) is 16.2. The van der Waals surface area contributed by atoms with Crippen molar-refractivity contribution in [3.05, 3.63) is 113 Å². The fraction of sp³-hybridized carbons (Fsp3) is 0.333. The number of fused-ring (bicyclic) bond motifs is 2. The first-order chi connectivity index (χ1) is 34.9. The number of piperidine rings is 2. The van der Waals surface area contributed by atoms with Crippen molar-refractivity contribution in [3.63, 3.8) is 0 Å². The highest BCUT2D eigenvalue weighted by Gasteiger charge is 2.38. The molecule has 2 saturated heterocycles. The van der Waals surface area contributed by atoms with Crippen LogP contribution in [0.3, 0.4) is 0 Å². The van der Waals surface area contributed by atoms with Crippen LogP contribution >= 0.6 is 66.1 Å². The Labute approximate surface area is 442 Å². The lowest BCUT2D eigenvalue weighted by Gasteiger charge is -2.31. The van der Waals surface area contributed by atoms with Crippen molar-refractivity contribution in [1.29, 1.82) is 0 Å². The molecule has 0 bridgehead atoms. The Morgan fingerprint density at radius 1 is 0.685 bits per heavy atom. The van der Waals surface area contributed by atoms with Gasteiger partial charge in [0.05, 0.1) is 62.7 Å². The van der Waals surface area contributed by atoms with Gasteiger partial charge in [0.15, 0.2) is 11.3 Å². The Hall–Kier alpha value is -5.69. The molecule has 0 N–H and O–H groups in total. The molecule has 0 aliphatic carbocycles. The van der Waals surface area contributed by atoms with E-state index in [4.69, 9.17) is 21.1 Å². The molecule has 2 aromatic carbocycles. The van der Waals surface area contributed by atoms with Gasteiger partial charge >= 0.3 is 12.4 Å². The van der Waals surface area contributed by atoms with Gasteiger partial charge < -0.3 is 28.4 Å². The number of hydrogen-bond donors (Lipinski definition) is 0. The van der Waals surface area contributed by atoms with Crippen LogP contribution in [0.4, 0.5) is 26.3 Å². The van der Waals surface area contributed by atoms with E-state index in [9.17, 15) is 35.9 Å². The number of halogens is 9. The van der Waals surface area contributed by atoms with E-state index in [0.717, 1.165) is 46.0 Å². The normalized spacial score (nSPS) is 14.9. The number of pyridine rings is 2. The second-order valence-corrected chi connectivity index (χ2v) is 21.3. The van der Waals surface area contributed by atoms with E-state index in [2.05, 4.69) is 61.8 Å². The summed E-state index contributed by atoms with van der Waals surface area (Å²) in [6, 6.07) is 12.5. The fourth-order valence-electron chi connectivity index (χ4n) is 8.85. The Balaban J connectivity index is 0.000000180. The number of aromatic nitrogens is 8. The van der Waals surface area contributed by atoms with E-state index in [1.165, 1.54) is 43.0 Å². The number of amides is 2. The number of hydrogen-bond acceptors (Lipinski definition) is 12. The average Bonchev–Trinajstić information content (AvgIpc) is 4.20. The monoisotopic (exact) mass is 1190 g/mol. The van der Waals surface area contributed by atoms with Gasteiger partial charge in [-0.15, -0.1) is 22.7 Å². The second-order valence-electron chi connectivity index (χ2n) is 17.1. The summed E-state index contributed by atoms with van der Waals surface area (Å²) < 4.78 is 95.6. The van der Waals surface area contributed by atoms with Gasteiger partial charge in [0.25, 0.3) is 0 Å². The molecule has 0 radical (unpaired) electrons. The largest absolute Gasteiger partial charge is 0.495 e. The van der Waals surface area contributed by atoms with Crippen LogP contribution in [0.2, 0.25) is 4.34 Å². The van der Waals surface area contributed by atoms with Crippen LogP contribution in [-0.2, 0) is 35.0 Å². The minimum atomic E-state index is -4.60. The van der Waals surface area contributed by atoms with Crippen molar-refractivity contribution in [2.45, 2.75) is 63.0 Å². The van der Waals surface area contributed by atoms with Gasteiger partial charge in [0.2, 0.25) is 11.8 Å². The Kier molecular flexibility index (Phi) is 15.5. The summed E-state index contributed by atoms with van der Waals surface area (Å²) in [5.74, 6) is -0.366. The molecule has 10 rings (SSSR count). The van der Waals surface area contributed by atoms with Gasteiger partial charge in [-0.25, -0.2) is 29.9 Å². The van der Waals surface area contributed by atoms with Gasteiger partial charge in [-0.05, 0) is 106 Å². The van der Waals surface area contributed by atoms with E-state index in [1.54, 1.807) is 62.7 Å². The minimum Gasteiger partial charge on any atom is -0.495 e. The van der Waals surface area contributed by atoms with Crippen LogP contribution in [0.5, 0.6) is 11.5 Å². The predicted octanol–water partition coefficient (Wildman–Crippen LogP) is 12.2. The molecule has 2 aliphatic heterocycles. The molecule has 2 fully saturated rings. The standard InChI is InChI=1S/C24H20BrClF3N5O2S.C24H21BrF3N5O2S/c1-36-20-15(24(27,28)29)9-14(10-16(20)25)19-21(26)37-23(32-19)13-4-7-33(8-5-13)18(35)11-34-12-31-17-3-2-6-30-22(17)34;1-35-21-16(24(26,27)28)9-15(10-17(21)25)19-12-36-23(31-19)14-4-7-32(8-5-14)20(34)11-33-13-30-18-3-2-6-29-22(18)33/h2-3,6,9-10,12-13H,4-5,7-8,11H2,1H3;2-3,6,9-10,12-14H,4-5,7-8,11H2,1H3. The smallest absolute Gasteiger partial charge is 0.420 e. The van der Waals surface area contributed by atoms with E-state index in [0.29, 0.717) is 71.6 Å². The predicted molar refractivity (Wildman–Crippen MR) is 271 cm³/mol. The van der Waals surface area contributed by atoms with Crippen LogP contribution in [0.25, 0.3) is 44.8 Å². The number of benzene rings is 2. The van der Waals surface area contributed by atoms with Gasteiger partial charge in [0.1, 0.15) is 45.7 Å². The lowest BCUT2D eigenvalue weighted by molar-refractivity contribution is -0.139. The lowest BCUT2D eigenvalue weighted by Crippen LogP contribution is -2.39. The molecule has 8 heterocycles. The summed E-state index contributed by atoms with van der Waals surface area (Å²) in [6.45, 7) is 2.59. The summed E-state index contributed by atoms with van der Waals surface area (Å²) in [4.78, 5) is 55.8. The van der Waals surface area contributed by atoms with Crippen molar-refractivity contribution >= 4 is 100 Å². The first kappa shape index (κ1) is 52.2. The maximum atomic E-state index is 13.6. The summed E-state index contributed by atoms with van der Waals surface area (Å²) in [5.41, 5.74) is 2.47. The maximum Gasteiger partial charge on any atom is 0.420 e.